The van der Waals surface area contributed by atoms with Crippen LogP contribution < -0.4 is 16.0 Å². The van der Waals surface area contributed by atoms with E-state index in [1.807, 2.05) is 0 Å². The molecule has 0 spiro atoms. The number of rotatable bonds is 6. The zero-order chi connectivity index (χ0) is 31.7. The summed E-state index contributed by atoms with van der Waals surface area (Å²) >= 11 is 0. The van der Waals surface area contributed by atoms with Crippen LogP contribution in [0.5, 0.6) is 17.2 Å². The molecule has 0 heterocycles. The highest BCUT2D eigenvalue weighted by Gasteiger charge is 2.64. The molecule has 13 heteroatoms. The first-order valence-electron chi connectivity index (χ1n) is 13.6. The zero-order valence-corrected chi connectivity index (χ0v) is 24.0. The molecule has 0 bridgehead atoms. The standard InChI is InChI=1S/C30H34N4O9/c1-33(2)17-10-16(32-11-12-5-6-18(35)19(36)7-12)24(37)21-14(17)8-13-9-15-23(34(3)4)26(39)22(29(31)42)28(41)30(15,43)27(40)20(13)25(21)38/h5-7,10,13,15,23,32,35-38,41,43H,8-9,11H2,1-4H3,(H2,31,42)/t13-,15-,23-,30+/m0/s1. The quantitative estimate of drug-likeness (QED) is 0.174. The molecule has 1 amide bonds. The second-order valence-corrected chi connectivity index (χ2v) is 11.7. The van der Waals surface area contributed by atoms with Gasteiger partial charge in [-0.3, -0.25) is 19.3 Å². The third-order valence-corrected chi connectivity index (χ3v) is 8.70. The zero-order valence-electron chi connectivity index (χ0n) is 24.0. The van der Waals surface area contributed by atoms with Crippen LogP contribution in [-0.2, 0) is 27.3 Å². The Morgan fingerprint density at radius 3 is 2.30 bits per heavy atom. The lowest BCUT2D eigenvalue weighted by Crippen LogP contribution is -2.65. The van der Waals surface area contributed by atoms with E-state index in [-0.39, 0.29) is 53.5 Å². The van der Waals surface area contributed by atoms with Gasteiger partial charge in [0.2, 0.25) is 5.78 Å². The number of fused-ring (bicyclic) bond motifs is 3. The smallest absolute Gasteiger partial charge is 0.255 e. The Morgan fingerprint density at radius 1 is 1.05 bits per heavy atom. The molecule has 0 aliphatic heterocycles. The van der Waals surface area contributed by atoms with Gasteiger partial charge in [-0.2, -0.15) is 0 Å². The van der Waals surface area contributed by atoms with Crippen molar-refractivity contribution in [3.8, 4) is 17.2 Å². The number of phenols is 3. The Kier molecular flexibility index (Phi) is 7.06. The van der Waals surface area contributed by atoms with E-state index in [0.29, 0.717) is 16.8 Å². The predicted molar refractivity (Wildman–Crippen MR) is 156 cm³/mol. The summed E-state index contributed by atoms with van der Waals surface area (Å²) in [5.41, 5.74) is 3.41. The maximum Gasteiger partial charge on any atom is 0.255 e. The Balaban J connectivity index is 1.65. The molecule has 9 N–H and O–H groups in total. The first kappa shape index (κ1) is 29.7. The predicted octanol–water partition coefficient (Wildman–Crippen LogP) is 1.05. The lowest BCUT2D eigenvalue weighted by molar-refractivity contribution is -0.153. The van der Waals surface area contributed by atoms with Crippen molar-refractivity contribution in [1.82, 2.24) is 4.90 Å². The molecule has 1 fully saturated rings. The van der Waals surface area contributed by atoms with Gasteiger partial charge in [0.1, 0.15) is 22.8 Å². The molecule has 3 aliphatic rings. The van der Waals surface area contributed by atoms with Gasteiger partial charge in [-0.05, 0) is 62.2 Å². The Labute approximate surface area is 246 Å². The van der Waals surface area contributed by atoms with Crippen molar-refractivity contribution in [2.75, 3.05) is 38.4 Å². The number of nitrogens with two attached hydrogens (primary N) is 1. The fraction of sp³-hybridized carbons (Fsp3) is 0.367. The van der Waals surface area contributed by atoms with Gasteiger partial charge in [-0.25, -0.2) is 0 Å². The van der Waals surface area contributed by atoms with Crippen molar-refractivity contribution in [3.05, 3.63) is 57.9 Å². The maximum atomic E-state index is 14.1. The number of nitrogens with one attached hydrogen (secondary N) is 1. The van der Waals surface area contributed by atoms with Gasteiger partial charge in [-0.15, -0.1) is 0 Å². The summed E-state index contributed by atoms with van der Waals surface area (Å²) in [6.07, 6.45) is 0.144. The number of likely N-dealkylation sites (N-methyl/N-ethyl adjacent to an activating group) is 1. The number of phenolic OH excluding ortho intramolecular Hbond substituents is 3. The molecule has 1 saturated carbocycles. The van der Waals surface area contributed by atoms with Crippen molar-refractivity contribution >= 4 is 34.6 Å². The molecule has 228 valence electrons. The van der Waals surface area contributed by atoms with Crippen molar-refractivity contribution < 1.29 is 45.0 Å². The monoisotopic (exact) mass is 594 g/mol. The number of amides is 1. The second-order valence-electron chi connectivity index (χ2n) is 11.7. The molecule has 5 rings (SSSR count). The minimum absolute atomic E-state index is 0.0102. The molecule has 43 heavy (non-hydrogen) atoms. The topological polar surface area (TPSA) is 217 Å². The van der Waals surface area contributed by atoms with Gasteiger partial charge in [0.25, 0.3) is 5.91 Å². The summed E-state index contributed by atoms with van der Waals surface area (Å²) in [6, 6.07) is 4.75. The molecular formula is C30H34N4O9. The van der Waals surface area contributed by atoms with E-state index < -0.39 is 58.0 Å². The van der Waals surface area contributed by atoms with Gasteiger partial charge in [0.15, 0.2) is 22.9 Å². The summed E-state index contributed by atoms with van der Waals surface area (Å²) < 4.78 is 0. The molecule has 4 atom stereocenters. The van der Waals surface area contributed by atoms with Crippen LogP contribution in [0.4, 0.5) is 11.4 Å². The molecule has 2 aromatic carbocycles. The normalized spacial score (nSPS) is 24.9. The summed E-state index contributed by atoms with van der Waals surface area (Å²) in [6.45, 7) is 0.113. The number of aliphatic hydroxyl groups is 3. The number of aliphatic hydroxyl groups excluding tert-OH is 2. The highest BCUT2D eigenvalue weighted by atomic mass is 16.3. The summed E-state index contributed by atoms with van der Waals surface area (Å²) in [7, 11) is 6.63. The van der Waals surface area contributed by atoms with Gasteiger partial charge in [0.05, 0.1) is 17.3 Å². The molecule has 0 aromatic heterocycles. The SMILES string of the molecule is CN(C)c1cc(NCc2ccc(O)c(O)c2)c(O)c2c1C[C@H]1C[C@H]3[C@H](N(C)C)C(=O)C(C(N)=O)=C(O)[C@]3(O)C(=O)C1=C2O. The highest BCUT2D eigenvalue weighted by Crippen LogP contribution is 2.54. The fourth-order valence-electron chi connectivity index (χ4n) is 6.70. The third kappa shape index (κ3) is 4.34. The Hall–Kier alpha value is -4.75. The van der Waals surface area contributed by atoms with E-state index >= 15 is 0 Å². The number of carbonyl (C=O) groups excluding carboxylic acids is 3. The van der Waals surface area contributed by atoms with Gasteiger partial charge in [-0.1, -0.05) is 6.07 Å². The number of Topliss-reactive ketones (excluding diaryl/α,β-unsaturated/α-hetero) is 2. The average molecular weight is 595 g/mol. The van der Waals surface area contributed by atoms with E-state index in [9.17, 15) is 45.0 Å². The van der Waals surface area contributed by atoms with Crippen LogP contribution in [-0.4, -0.2) is 92.8 Å². The number of anilines is 2. The summed E-state index contributed by atoms with van der Waals surface area (Å²) in [4.78, 5) is 42.7. The van der Waals surface area contributed by atoms with Crippen LogP contribution in [0.3, 0.4) is 0 Å². The minimum atomic E-state index is -2.72. The van der Waals surface area contributed by atoms with Crippen LogP contribution >= 0.6 is 0 Å². The molecule has 0 unspecified atom stereocenters. The van der Waals surface area contributed by atoms with Crippen LogP contribution in [0.25, 0.3) is 5.76 Å². The number of primary amides is 1. The number of carbonyl (C=O) groups is 3. The van der Waals surface area contributed by atoms with Crippen LogP contribution in [0, 0.1) is 11.8 Å². The minimum Gasteiger partial charge on any atom is -0.508 e. The van der Waals surface area contributed by atoms with Crippen molar-refractivity contribution in [3.63, 3.8) is 0 Å². The van der Waals surface area contributed by atoms with Crippen LogP contribution in [0.1, 0.15) is 23.1 Å². The fourth-order valence-corrected chi connectivity index (χ4v) is 6.70. The first-order chi connectivity index (χ1) is 20.1. The van der Waals surface area contributed by atoms with Gasteiger partial charge >= 0.3 is 0 Å². The molecule has 0 radical (unpaired) electrons. The first-order valence-corrected chi connectivity index (χ1v) is 13.6. The van der Waals surface area contributed by atoms with Crippen LogP contribution in [0.15, 0.2) is 41.2 Å². The van der Waals surface area contributed by atoms with E-state index in [2.05, 4.69) is 5.32 Å². The number of hydrogen-bond donors (Lipinski definition) is 8. The molecule has 0 saturated heterocycles. The lowest BCUT2D eigenvalue weighted by Gasteiger charge is -2.50. The van der Waals surface area contributed by atoms with E-state index in [1.165, 1.54) is 17.0 Å². The number of benzene rings is 2. The number of nitrogens with zero attached hydrogens (tertiary/aromatic N) is 2. The van der Waals surface area contributed by atoms with Crippen molar-refractivity contribution in [1.29, 1.82) is 0 Å². The van der Waals surface area contributed by atoms with E-state index in [1.54, 1.807) is 45.2 Å². The van der Waals surface area contributed by atoms with Crippen molar-refractivity contribution in [2.45, 2.75) is 31.0 Å². The number of aromatic hydroxyl groups is 3. The van der Waals surface area contributed by atoms with E-state index in [0.717, 1.165) is 0 Å². The van der Waals surface area contributed by atoms with Gasteiger partial charge < -0.3 is 46.6 Å². The highest BCUT2D eigenvalue weighted by molar-refractivity contribution is 6.24. The van der Waals surface area contributed by atoms with E-state index in [4.69, 9.17) is 5.73 Å². The largest absolute Gasteiger partial charge is 0.508 e. The maximum absolute atomic E-state index is 14.1. The average Bonchev–Trinajstić information content (AvgIpc) is 2.91. The number of ketones is 2. The van der Waals surface area contributed by atoms with Gasteiger partial charge in [0, 0.05) is 37.8 Å². The molecule has 3 aliphatic carbocycles. The number of hydrogen-bond acceptors (Lipinski definition) is 12. The Morgan fingerprint density at radius 2 is 1.72 bits per heavy atom. The second kappa shape index (κ2) is 10.2. The Bertz CT molecular complexity index is 1640. The molecule has 2 aromatic rings. The molecule has 13 nitrogen and oxygen atoms in total. The lowest BCUT2D eigenvalue weighted by atomic mass is 9.57. The summed E-state index contributed by atoms with van der Waals surface area (Å²) in [5, 5.41) is 68.2. The third-order valence-electron chi connectivity index (χ3n) is 8.70. The molecular weight excluding hydrogens is 560 g/mol. The summed E-state index contributed by atoms with van der Waals surface area (Å²) in [5.74, 6) is -7.77. The van der Waals surface area contributed by atoms with Crippen LogP contribution in [0.2, 0.25) is 0 Å². The van der Waals surface area contributed by atoms with Crippen molar-refractivity contribution in [2.24, 2.45) is 17.6 Å².